The van der Waals surface area contributed by atoms with Gasteiger partial charge in [-0.2, -0.15) is 0 Å². The van der Waals surface area contributed by atoms with Gasteiger partial charge in [0.2, 0.25) is 5.91 Å². The lowest BCUT2D eigenvalue weighted by molar-refractivity contribution is -0.122. The van der Waals surface area contributed by atoms with Crippen LogP contribution in [0.15, 0.2) is 0 Å². The van der Waals surface area contributed by atoms with Gasteiger partial charge in [-0.3, -0.25) is 4.79 Å². The van der Waals surface area contributed by atoms with Gasteiger partial charge in [0.1, 0.15) is 0 Å². The normalized spacial score (nSPS) is 29.4. The summed E-state index contributed by atoms with van der Waals surface area (Å²) in [7, 11) is 0. The van der Waals surface area contributed by atoms with Gasteiger partial charge in [-0.25, -0.2) is 0 Å². The van der Waals surface area contributed by atoms with Crippen molar-refractivity contribution in [3.05, 3.63) is 0 Å². The third-order valence-corrected chi connectivity index (χ3v) is 3.68. The molecule has 3 heteroatoms. The Kier molecular flexibility index (Phi) is 5.96. The summed E-state index contributed by atoms with van der Waals surface area (Å²) in [6.07, 6.45) is 4.23. The van der Waals surface area contributed by atoms with E-state index in [-0.39, 0.29) is 5.91 Å². The van der Waals surface area contributed by atoms with Crippen molar-refractivity contribution in [3.8, 4) is 0 Å². The van der Waals surface area contributed by atoms with Crippen LogP contribution in [-0.2, 0) is 4.79 Å². The minimum atomic E-state index is 0.199. The van der Waals surface area contributed by atoms with Gasteiger partial charge in [-0.1, -0.05) is 27.7 Å². The van der Waals surface area contributed by atoms with E-state index in [1.807, 2.05) is 0 Å². The van der Waals surface area contributed by atoms with Crippen molar-refractivity contribution in [2.75, 3.05) is 6.54 Å². The zero-order valence-corrected chi connectivity index (χ0v) is 11.8. The van der Waals surface area contributed by atoms with E-state index in [2.05, 4.69) is 38.3 Å². The van der Waals surface area contributed by atoms with E-state index in [9.17, 15) is 4.79 Å². The van der Waals surface area contributed by atoms with E-state index in [0.717, 1.165) is 18.9 Å². The quantitative estimate of drug-likeness (QED) is 0.774. The predicted octanol–water partition coefficient (Wildman–Crippen LogP) is 2.32. The second-order valence-corrected chi connectivity index (χ2v) is 5.93. The number of rotatable bonds is 5. The van der Waals surface area contributed by atoms with Crippen LogP contribution in [0.5, 0.6) is 0 Å². The Labute approximate surface area is 106 Å². The van der Waals surface area contributed by atoms with Gasteiger partial charge in [0.05, 0.1) is 0 Å². The summed E-state index contributed by atoms with van der Waals surface area (Å²) in [5.41, 5.74) is 0. The second kappa shape index (κ2) is 7.00. The molecule has 1 saturated carbocycles. The van der Waals surface area contributed by atoms with Gasteiger partial charge < -0.3 is 10.6 Å². The minimum absolute atomic E-state index is 0.199. The van der Waals surface area contributed by atoms with Crippen LogP contribution in [0.2, 0.25) is 0 Å². The first-order valence-corrected chi connectivity index (χ1v) is 7.01. The molecule has 1 aliphatic carbocycles. The zero-order valence-electron chi connectivity index (χ0n) is 11.8. The van der Waals surface area contributed by atoms with Crippen LogP contribution in [0.4, 0.5) is 0 Å². The van der Waals surface area contributed by atoms with Crippen molar-refractivity contribution in [1.29, 1.82) is 0 Å². The molecule has 0 bridgehead atoms. The lowest BCUT2D eigenvalue weighted by atomic mass is 9.80. The molecule has 0 aromatic heterocycles. The second-order valence-electron chi connectivity index (χ2n) is 5.93. The largest absolute Gasteiger partial charge is 0.353 e. The number of amides is 1. The first kappa shape index (κ1) is 14.5. The van der Waals surface area contributed by atoms with Crippen LogP contribution >= 0.6 is 0 Å². The topological polar surface area (TPSA) is 41.1 Å². The van der Waals surface area contributed by atoms with Gasteiger partial charge in [-0.15, -0.1) is 0 Å². The molecule has 0 spiro atoms. The Balaban J connectivity index is 2.21. The zero-order chi connectivity index (χ0) is 12.8. The molecular weight excluding hydrogens is 212 g/mol. The smallest absolute Gasteiger partial charge is 0.221 e. The monoisotopic (exact) mass is 240 g/mol. The molecule has 0 aromatic rings. The average molecular weight is 240 g/mol. The van der Waals surface area contributed by atoms with Gasteiger partial charge in [0.15, 0.2) is 0 Å². The fraction of sp³-hybridized carbons (Fsp3) is 0.929. The molecule has 1 rings (SSSR count). The molecule has 2 N–H and O–H groups in total. The van der Waals surface area contributed by atoms with E-state index in [4.69, 9.17) is 0 Å². The maximum Gasteiger partial charge on any atom is 0.221 e. The number of carbonyl (C=O) groups is 1. The molecule has 3 unspecified atom stereocenters. The molecule has 1 amide bonds. The van der Waals surface area contributed by atoms with E-state index in [1.54, 1.807) is 0 Å². The molecule has 0 radical (unpaired) electrons. The van der Waals surface area contributed by atoms with E-state index >= 15 is 0 Å². The van der Waals surface area contributed by atoms with Gasteiger partial charge in [0.25, 0.3) is 0 Å². The number of nitrogens with one attached hydrogen (secondary N) is 2. The first-order valence-electron chi connectivity index (χ1n) is 7.01. The maximum atomic E-state index is 11.8. The Morgan fingerprint density at radius 1 is 1.29 bits per heavy atom. The van der Waals surface area contributed by atoms with Crippen molar-refractivity contribution in [3.63, 3.8) is 0 Å². The molecule has 0 saturated heterocycles. The highest BCUT2D eigenvalue weighted by Crippen LogP contribution is 2.28. The highest BCUT2D eigenvalue weighted by atomic mass is 16.1. The highest BCUT2D eigenvalue weighted by Gasteiger charge is 2.26. The molecule has 0 heterocycles. The lowest BCUT2D eigenvalue weighted by Crippen LogP contribution is -2.43. The Morgan fingerprint density at radius 3 is 2.59 bits per heavy atom. The molecule has 100 valence electrons. The summed E-state index contributed by atoms with van der Waals surface area (Å²) in [5.74, 6) is 1.64. The number of hydrogen-bond donors (Lipinski definition) is 2. The van der Waals surface area contributed by atoms with E-state index in [1.165, 1.54) is 12.8 Å². The van der Waals surface area contributed by atoms with Crippen LogP contribution in [-0.4, -0.2) is 24.5 Å². The third-order valence-electron chi connectivity index (χ3n) is 3.68. The molecule has 17 heavy (non-hydrogen) atoms. The summed E-state index contributed by atoms with van der Waals surface area (Å²) in [6.45, 7) is 9.54. The molecule has 1 fully saturated rings. The van der Waals surface area contributed by atoms with E-state index in [0.29, 0.717) is 24.4 Å². The molecular formula is C14H28N2O. The Hall–Kier alpha value is -0.570. The fourth-order valence-electron chi connectivity index (χ4n) is 2.63. The third kappa shape index (κ3) is 5.53. The molecule has 3 atom stereocenters. The first-order chi connectivity index (χ1) is 7.99. The fourth-order valence-corrected chi connectivity index (χ4v) is 2.63. The summed E-state index contributed by atoms with van der Waals surface area (Å²) in [5, 5.41) is 6.46. The van der Waals surface area contributed by atoms with E-state index < -0.39 is 0 Å². The standard InChI is InChI=1S/C14H28N2O/c1-10(2)15-8-7-14(17)16-13-6-5-11(3)9-12(13)4/h10-13,15H,5-9H2,1-4H3,(H,16,17). The van der Waals surface area contributed by atoms with Gasteiger partial charge >= 0.3 is 0 Å². The lowest BCUT2D eigenvalue weighted by Gasteiger charge is -2.33. The van der Waals surface area contributed by atoms with Crippen LogP contribution in [0.25, 0.3) is 0 Å². The molecule has 0 aromatic carbocycles. The van der Waals surface area contributed by atoms with Gasteiger partial charge in [0, 0.05) is 25.0 Å². The van der Waals surface area contributed by atoms with Gasteiger partial charge in [-0.05, 0) is 31.1 Å². The van der Waals surface area contributed by atoms with Crippen molar-refractivity contribution in [2.24, 2.45) is 11.8 Å². The Bertz CT molecular complexity index is 240. The molecule has 0 aliphatic heterocycles. The molecule has 3 nitrogen and oxygen atoms in total. The van der Waals surface area contributed by atoms with Crippen molar-refractivity contribution in [1.82, 2.24) is 10.6 Å². The van der Waals surface area contributed by atoms with Crippen LogP contribution in [0.1, 0.15) is 53.4 Å². The summed E-state index contributed by atoms with van der Waals surface area (Å²) < 4.78 is 0. The SMILES string of the molecule is CC1CCC(NC(=O)CCNC(C)C)C(C)C1. The van der Waals surface area contributed by atoms with Crippen molar-refractivity contribution < 1.29 is 4.79 Å². The Morgan fingerprint density at radius 2 is 2.00 bits per heavy atom. The number of hydrogen-bond acceptors (Lipinski definition) is 2. The van der Waals surface area contributed by atoms with Crippen LogP contribution in [0, 0.1) is 11.8 Å². The number of carbonyl (C=O) groups excluding carboxylic acids is 1. The minimum Gasteiger partial charge on any atom is -0.353 e. The molecule has 1 aliphatic rings. The van der Waals surface area contributed by atoms with Crippen molar-refractivity contribution in [2.45, 2.75) is 65.5 Å². The van der Waals surface area contributed by atoms with Crippen LogP contribution < -0.4 is 10.6 Å². The summed E-state index contributed by atoms with van der Waals surface area (Å²) in [4.78, 5) is 11.8. The maximum absolute atomic E-state index is 11.8. The summed E-state index contributed by atoms with van der Waals surface area (Å²) >= 11 is 0. The highest BCUT2D eigenvalue weighted by molar-refractivity contribution is 5.76. The predicted molar refractivity (Wildman–Crippen MR) is 71.9 cm³/mol. The van der Waals surface area contributed by atoms with Crippen molar-refractivity contribution >= 4 is 5.91 Å². The van der Waals surface area contributed by atoms with Crippen LogP contribution in [0.3, 0.4) is 0 Å². The summed E-state index contributed by atoms with van der Waals surface area (Å²) in [6, 6.07) is 0.856. The average Bonchev–Trinajstić information content (AvgIpc) is 2.21.